The maximum Gasteiger partial charge on any atom is 0.160 e. The molecule has 0 aliphatic heterocycles. The third-order valence-corrected chi connectivity index (χ3v) is 2.28. The molecule has 2 rings (SSSR count). The highest BCUT2D eigenvalue weighted by Crippen LogP contribution is 2.20. The summed E-state index contributed by atoms with van der Waals surface area (Å²) in [6.07, 6.45) is 3.74. The van der Waals surface area contributed by atoms with E-state index in [4.69, 9.17) is 0 Å². The molecule has 0 aliphatic carbocycles. The average Bonchev–Trinajstić information content (AvgIpc) is 2.67. The van der Waals surface area contributed by atoms with Crippen molar-refractivity contribution in [1.29, 1.82) is 0 Å². The number of nitrogens with one attached hydrogen (secondary N) is 1. The summed E-state index contributed by atoms with van der Waals surface area (Å²) in [6.45, 7) is 5.88. The quantitative estimate of drug-likeness (QED) is 0.580. The molecule has 14 heavy (non-hydrogen) atoms. The number of aryl methyl sites for hydroxylation is 1. The number of hydrogen-bond donors (Lipinski definition) is 1. The third kappa shape index (κ3) is 2.04. The summed E-state index contributed by atoms with van der Waals surface area (Å²) < 4.78 is 0. The van der Waals surface area contributed by atoms with Crippen molar-refractivity contribution < 1.29 is 0 Å². The van der Waals surface area contributed by atoms with Gasteiger partial charge in [-0.2, -0.15) is 5.10 Å². The Bertz CT molecular complexity index is 410. The number of H-pyrrole nitrogens is 1. The lowest BCUT2D eigenvalue weighted by Gasteiger charge is -1.97. The van der Waals surface area contributed by atoms with Crippen LogP contribution in [-0.4, -0.2) is 26.4 Å². The highest BCUT2D eigenvalue weighted by molar-refractivity contribution is 7.98. The van der Waals surface area contributed by atoms with E-state index in [9.17, 15) is 0 Å². The summed E-state index contributed by atoms with van der Waals surface area (Å²) in [5.74, 6) is 0.774. The molecule has 0 atom stereocenters. The second-order valence-electron chi connectivity index (χ2n) is 2.41. The van der Waals surface area contributed by atoms with Crippen LogP contribution in [0.25, 0.3) is 11.0 Å². The number of thioether (sulfide) groups is 1. The molecule has 0 aromatic carbocycles. The minimum atomic E-state index is 0.774. The van der Waals surface area contributed by atoms with E-state index in [2.05, 4.69) is 20.2 Å². The molecule has 0 radical (unpaired) electrons. The highest BCUT2D eigenvalue weighted by atomic mass is 32.2. The highest BCUT2D eigenvalue weighted by Gasteiger charge is 2.05. The molecule has 2 heterocycles. The second-order valence-corrected chi connectivity index (χ2v) is 3.21. The lowest BCUT2D eigenvalue weighted by molar-refractivity contribution is 0.997. The van der Waals surface area contributed by atoms with E-state index in [-0.39, 0.29) is 0 Å². The normalized spacial score (nSPS) is 9.71. The maximum atomic E-state index is 4.28. The number of nitrogens with zero attached hydrogens (tertiary/aromatic N) is 3. The molecule has 5 heteroatoms. The summed E-state index contributed by atoms with van der Waals surface area (Å²) in [7, 11) is 0. The summed E-state index contributed by atoms with van der Waals surface area (Å²) in [5.41, 5.74) is 0.812. The van der Waals surface area contributed by atoms with E-state index in [1.54, 1.807) is 18.0 Å². The van der Waals surface area contributed by atoms with Crippen LogP contribution in [0, 0.1) is 6.92 Å². The Morgan fingerprint density at radius 3 is 2.64 bits per heavy atom. The Labute approximate surface area is 87.5 Å². The van der Waals surface area contributed by atoms with Crippen LogP contribution in [0.1, 0.15) is 19.7 Å². The molecule has 0 bridgehead atoms. The molecule has 0 unspecified atom stereocenters. The average molecular weight is 210 g/mol. The maximum absolute atomic E-state index is 4.28. The van der Waals surface area contributed by atoms with Gasteiger partial charge in [0.25, 0.3) is 0 Å². The van der Waals surface area contributed by atoms with Crippen molar-refractivity contribution in [1.82, 2.24) is 20.2 Å². The van der Waals surface area contributed by atoms with E-state index < -0.39 is 0 Å². The van der Waals surface area contributed by atoms with Gasteiger partial charge < -0.3 is 0 Å². The van der Waals surface area contributed by atoms with Crippen molar-refractivity contribution in [2.45, 2.75) is 25.8 Å². The Hall–Kier alpha value is -1.10. The van der Waals surface area contributed by atoms with Crippen LogP contribution >= 0.6 is 11.8 Å². The third-order valence-electron chi connectivity index (χ3n) is 1.58. The van der Waals surface area contributed by atoms with Gasteiger partial charge in [0.05, 0.1) is 11.6 Å². The molecule has 76 valence electrons. The molecule has 0 saturated heterocycles. The van der Waals surface area contributed by atoms with E-state index >= 15 is 0 Å². The molecule has 0 spiro atoms. The standard InChI is InChI=1S/C7H8N4S.C2H6/c1-4-9-6-5(3-8-11-6)7(10-4)12-2;1-2/h3H,1-2H3,(H,8,9,10,11);1-2H3. The first-order valence-corrected chi connectivity index (χ1v) is 5.75. The fourth-order valence-corrected chi connectivity index (χ4v) is 1.66. The monoisotopic (exact) mass is 210 g/mol. The Morgan fingerprint density at radius 1 is 1.29 bits per heavy atom. The first-order chi connectivity index (χ1) is 6.81. The lowest BCUT2D eigenvalue weighted by atomic mass is 10.4. The molecule has 0 saturated carbocycles. The predicted octanol–water partition coefficient (Wildman–Crippen LogP) is 2.41. The lowest BCUT2D eigenvalue weighted by Crippen LogP contribution is -1.90. The Morgan fingerprint density at radius 2 is 2.00 bits per heavy atom. The van der Waals surface area contributed by atoms with Crippen molar-refractivity contribution in [3.63, 3.8) is 0 Å². The Balaban J connectivity index is 0.000000461. The number of aromatic nitrogens is 4. The van der Waals surface area contributed by atoms with Crippen LogP contribution in [-0.2, 0) is 0 Å². The van der Waals surface area contributed by atoms with Crippen LogP contribution in [0.15, 0.2) is 11.2 Å². The largest absolute Gasteiger partial charge is 0.261 e. The molecule has 0 aliphatic rings. The van der Waals surface area contributed by atoms with Gasteiger partial charge in [-0.1, -0.05) is 13.8 Å². The van der Waals surface area contributed by atoms with Crippen molar-refractivity contribution in [3.8, 4) is 0 Å². The molecule has 0 fully saturated rings. The second kappa shape index (κ2) is 4.95. The van der Waals surface area contributed by atoms with Crippen molar-refractivity contribution in [3.05, 3.63) is 12.0 Å². The summed E-state index contributed by atoms with van der Waals surface area (Å²) in [5, 5.41) is 8.70. The molecular formula is C9H14N4S. The van der Waals surface area contributed by atoms with Gasteiger partial charge >= 0.3 is 0 Å². The minimum absolute atomic E-state index is 0.774. The van der Waals surface area contributed by atoms with Crippen LogP contribution in [0.5, 0.6) is 0 Å². The van der Waals surface area contributed by atoms with Crippen LogP contribution < -0.4 is 0 Å². The van der Waals surface area contributed by atoms with Gasteiger partial charge in [0.2, 0.25) is 0 Å². The van der Waals surface area contributed by atoms with E-state index in [0.29, 0.717) is 0 Å². The van der Waals surface area contributed by atoms with E-state index in [1.165, 1.54) is 0 Å². The van der Waals surface area contributed by atoms with Crippen molar-refractivity contribution >= 4 is 22.8 Å². The van der Waals surface area contributed by atoms with Gasteiger partial charge in [0, 0.05) is 0 Å². The van der Waals surface area contributed by atoms with Crippen LogP contribution in [0.2, 0.25) is 0 Å². The molecule has 2 aromatic heterocycles. The number of aromatic amines is 1. The fourth-order valence-electron chi connectivity index (χ4n) is 1.07. The number of hydrogen-bond acceptors (Lipinski definition) is 4. The fraction of sp³-hybridized carbons (Fsp3) is 0.444. The smallest absolute Gasteiger partial charge is 0.160 e. The molecule has 0 amide bonds. The minimum Gasteiger partial charge on any atom is -0.261 e. The SMILES string of the molecule is CC.CSc1nc(C)nc2[nH]ncc12. The summed E-state index contributed by atoms with van der Waals surface area (Å²) in [6, 6.07) is 0. The topological polar surface area (TPSA) is 54.5 Å². The summed E-state index contributed by atoms with van der Waals surface area (Å²) in [4.78, 5) is 8.49. The van der Waals surface area contributed by atoms with Crippen molar-refractivity contribution in [2.75, 3.05) is 6.26 Å². The van der Waals surface area contributed by atoms with E-state index in [1.807, 2.05) is 27.0 Å². The van der Waals surface area contributed by atoms with Gasteiger partial charge in [-0.15, -0.1) is 11.8 Å². The molecular weight excluding hydrogens is 196 g/mol. The first-order valence-electron chi connectivity index (χ1n) is 4.53. The summed E-state index contributed by atoms with van der Waals surface area (Å²) >= 11 is 1.61. The zero-order valence-electron chi connectivity index (χ0n) is 8.83. The predicted molar refractivity (Wildman–Crippen MR) is 59.5 cm³/mol. The number of rotatable bonds is 1. The van der Waals surface area contributed by atoms with Gasteiger partial charge in [-0.05, 0) is 13.2 Å². The molecule has 2 aromatic rings. The van der Waals surface area contributed by atoms with Crippen LogP contribution in [0.3, 0.4) is 0 Å². The first kappa shape index (κ1) is 11.0. The molecule has 1 N–H and O–H groups in total. The van der Waals surface area contributed by atoms with Gasteiger partial charge in [0.15, 0.2) is 5.65 Å². The Kier molecular flexibility index (Phi) is 3.88. The number of fused-ring (bicyclic) bond motifs is 1. The molecule has 4 nitrogen and oxygen atoms in total. The van der Waals surface area contributed by atoms with E-state index in [0.717, 1.165) is 21.9 Å². The van der Waals surface area contributed by atoms with Crippen LogP contribution in [0.4, 0.5) is 0 Å². The van der Waals surface area contributed by atoms with Gasteiger partial charge in [0.1, 0.15) is 10.9 Å². The zero-order chi connectivity index (χ0) is 10.6. The van der Waals surface area contributed by atoms with Gasteiger partial charge in [-0.3, -0.25) is 5.10 Å². The van der Waals surface area contributed by atoms with Gasteiger partial charge in [-0.25, -0.2) is 9.97 Å². The van der Waals surface area contributed by atoms with Crippen molar-refractivity contribution in [2.24, 2.45) is 0 Å². The zero-order valence-corrected chi connectivity index (χ0v) is 9.64.